The van der Waals surface area contributed by atoms with Crippen molar-refractivity contribution in [2.75, 3.05) is 13.1 Å². The fourth-order valence-corrected chi connectivity index (χ4v) is 2.26. The third-order valence-corrected chi connectivity index (χ3v) is 3.24. The molecule has 5 nitrogen and oxygen atoms in total. The molecule has 0 unspecified atom stereocenters. The van der Waals surface area contributed by atoms with Crippen molar-refractivity contribution in [1.82, 2.24) is 9.88 Å². The molecule has 0 saturated carbocycles. The van der Waals surface area contributed by atoms with Gasteiger partial charge in [-0.2, -0.15) is 0 Å². The highest BCUT2D eigenvalue weighted by Crippen LogP contribution is 2.18. The topological polar surface area (TPSA) is 51.7 Å². The first kappa shape index (κ1) is 15.8. The van der Waals surface area contributed by atoms with Crippen molar-refractivity contribution < 1.29 is 14.3 Å². The monoisotopic (exact) mass is 292 g/mol. The van der Waals surface area contributed by atoms with Crippen LogP contribution in [0.5, 0.6) is 0 Å². The number of piperidine rings is 1. The molecule has 1 fully saturated rings. The van der Waals surface area contributed by atoms with E-state index in [0.29, 0.717) is 13.2 Å². The van der Waals surface area contributed by atoms with Crippen LogP contribution < -0.4 is 0 Å². The van der Waals surface area contributed by atoms with Crippen LogP contribution in [0.25, 0.3) is 0 Å². The van der Waals surface area contributed by atoms with Crippen molar-refractivity contribution >= 4 is 6.09 Å². The van der Waals surface area contributed by atoms with E-state index in [-0.39, 0.29) is 12.2 Å². The van der Waals surface area contributed by atoms with Crippen molar-refractivity contribution in [2.45, 2.75) is 51.9 Å². The molecule has 5 heteroatoms. The molecule has 0 N–H and O–H groups in total. The second-order valence-electron chi connectivity index (χ2n) is 6.36. The maximum atomic E-state index is 12.1. The number of carbonyl (C=O) groups excluding carboxylic acids is 1. The summed E-state index contributed by atoms with van der Waals surface area (Å²) < 4.78 is 11.3. The quantitative estimate of drug-likeness (QED) is 0.859. The molecule has 1 aromatic heterocycles. The normalized spacial score (nSPS) is 19.4. The highest BCUT2D eigenvalue weighted by Gasteiger charge is 2.27. The molecule has 2 rings (SSSR count). The number of carbonyl (C=O) groups is 1. The number of nitrogens with zero attached hydrogens (tertiary/aromatic N) is 2. The smallest absolute Gasteiger partial charge is 0.410 e. The molecule has 2 heterocycles. The Morgan fingerprint density at radius 3 is 2.95 bits per heavy atom. The molecule has 0 spiro atoms. The number of rotatable bonds is 3. The Labute approximate surface area is 126 Å². The Bertz CT molecular complexity index is 456. The third-order valence-electron chi connectivity index (χ3n) is 3.24. The molecule has 21 heavy (non-hydrogen) atoms. The third kappa shape index (κ3) is 5.34. The largest absolute Gasteiger partial charge is 0.444 e. The molecule has 1 aromatic rings. The van der Waals surface area contributed by atoms with Gasteiger partial charge in [0.25, 0.3) is 0 Å². The average Bonchev–Trinajstić information content (AvgIpc) is 2.45. The second-order valence-corrected chi connectivity index (χ2v) is 6.36. The summed E-state index contributed by atoms with van der Waals surface area (Å²) in [5.41, 5.74) is 0.590. The summed E-state index contributed by atoms with van der Waals surface area (Å²) in [6.07, 6.45) is 5.27. The zero-order valence-corrected chi connectivity index (χ0v) is 13.0. The lowest BCUT2D eigenvalue weighted by atomic mass is 10.1. The fraction of sp³-hybridized carbons (Fsp3) is 0.625. The molecule has 1 aliphatic heterocycles. The Hall–Kier alpha value is -1.62. The van der Waals surface area contributed by atoms with Crippen LogP contribution in [0, 0.1) is 0 Å². The first-order chi connectivity index (χ1) is 9.94. The summed E-state index contributed by atoms with van der Waals surface area (Å²) >= 11 is 0. The average molecular weight is 292 g/mol. The molecule has 1 aliphatic rings. The minimum atomic E-state index is -0.458. The van der Waals surface area contributed by atoms with E-state index in [1.54, 1.807) is 17.3 Å². The molecule has 1 atom stereocenters. The van der Waals surface area contributed by atoms with E-state index in [0.717, 1.165) is 24.9 Å². The van der Waals surface area contributed by atoms with Gasteiger partial charge < -0.3 is 14.4 Å². The van der Waals surface area contributed by atoms with Crippen LogP contribution in [-0.4, -0.2) is 40.8 Å². The van der Waals surface area contributed by atoms with Gasteiger partial charge in [0.2, 0.25) is 0 Å². The first-order valence-corrected chi connectivity index (χ1v) is 7.42. The van der Waals surface area contributed by atoms with Gasteiger partial charge in [-0.05, 0) is 45.2 Å². The number of hydrogen-bond donors (Lipinski definition) is 0. The van der Waals surface area contributed by atoms with Crippen LogP contribution in [-0.2, 0) is 16.1 Å². The van der Waals surface area contributed by atoms with Gasteiger partial charge in [0.1, 0.15) is 5.60 Å². The molecule has 0 bridgehead atoms. The van der Waals surface area contributed by atoms with E-state index in [9.17, 15) is 4.79 Å². The number of pyridine rings is 1. The Morgan fingerprint density at radius 2 is 2.29 bits per heavy atom. The Morgan fingerprint density at radius 1 is 1.48 bits per heavy atom. The number of hydrogen-bond acceptors (Lipinski definition) is 4. The number of ether oxygens (including phenoxy) is 2. The number of amides is 1. The van der Waals surface area contributed by atoms with Crippen molar-refractivity contribution in [3.63, 3.8) is 0 Å². The van der Waals surface area contributed by atoms with Crippen LogP contribution in [0.4, 0.5) is 4.79 Å². The first-order valence-electron chi connectivity index (χ1n) is 7.42. The molecule has 116 valence electrons. The van der Waals surface area contributed by atoms with Crippen LogP contribution in [0.3, 0.4) is 0 Å². The van der Waals surface area contributed by atoms with E-state index in [1.165, 1.54) is 0 Å². The SMILES string of the molecule is CC(C)(C)OC(=O)N1CCC[C@H](OCc2cccnc2)C1. The lowest BCUT2D eigenvalue weighted by molar-refractivity contribution is -0.0259. The Balaban J connectivity index is 1.82. The summed E-state index contributed by atoms with van der Waals surface area (Å²) in [5.74, 6) is 0. The summed E-state index contributed by atoms with van der Waals surface area (Å²) in [6.45, 7) is 7.50. The zero-order chi connectivity index (χ0) is 15.3. The van der Waals surface area contributed by atoms with Crippen LogP contribution >= 0.6 is 0 Å². The standard InChI is InChI=1S/C16H24N2O3/c1-16(2,3)21-15(19)18-9-5-7-14(11-18)20-12-13-6-4-8-17-10-13/h4,6,8,10,14H,5,7,9,11-12H2,1-3H3/t14-/m0/s1. The summed E-state index contributed by atoms with van der Waals surface area (Å²) in [4.78, 5) is 17.9. The molecule has 0 aliphatic carbocycles. The summed E-state index contributed by atoms with van der Waals surface area (Å²) in [6, 6.07) is 3.88. The van der Waals surface area contributed by atoms with E-state index in [1.807, 2.05) is 32.9 Å². The Kier molecular flexibility index (Phi) is 5.17. The van der Waals surface area contributed by atoms with Gasteiger partial charge in [-0.25, -0.2) is 4.79 Å². The molecule has 1 saturated heterocycles. The van der Waals surface area contributed by atoms with Gasteiger partial charge in [0.05, 0.1) is 19.3 Å². The lowest BCUT2D eigenvalue weighted by Gasteiger charge is -2.34. The summed E-state index contributed by atoms with van der Waals surface area (Å²) in [5, 5.41) is 0. The van der Waals surface area contributed by atoms with Gasteiger partial charge in [0, 0.05) is 18.9 Å². The lowest BCUT2D eigenvalue weighted by Crippen LogP contribution is -2.45. The van der Waals surface area contributed by atoms with E-state index >= 15 is 0 Å². The van der Waals surface area contributed by atoms with Crippen molar-refractivity contribution in [1.29, 1.82) is 0 Å². The highest BCUT2D eigenvalue weighted by atomic mass is 16.6. The van der Waals surface area contributed by atoms with Crippen molar-refractivity contribution in [2.24, 2.45) is 0 Å². The minimum absolute atomic E-state index is 0.0616. The van der Waals surface area contributed by atoms with Crippen LogP contribution in [0.15, 0.2) is 24.5 Å². The summed E-state index contributed by atoms with van der Waals surface area (Å²) in [7, 11) is 0. The molecule has 1 amide bonds. The minimum Gasteiger partial charge on any atom is -0.444 e. The van der Waals surface area contributed by atoms with E-state index < -0.39 is 5.60 Å². The molecule has 0 radical (unpaired) electrons. The van der Waals surface area contributed by atoms with Crippen molar-refractivity contribution in [3.8, 4) is 0 Å². The van der Waals surface area contributed by atoms with Crippen LogP contribution in [0.1, 0.15) is 39.2 Å². The maximum absolute atomic E-state index is 12.1. The number of likely N-dealkylation sites (tertiary alicyclic amines) is 1. The predicted octanol–water partition coefficient (Wildman–Crippen LogP) is 3.00. The number of aromatic nitrogens is 1. The molecular formula is C16H24N2O3. The maximum Gasteiger partial charge on any atom is 0.410 e. The molecule has 0 aromatic carbocycles. The fourth-order valence-electron chi connectivity index (χ4n) is 2.26. The van der Waals surface area contributed by atoms with Gasteiger partial charge in [-0.1, -0.05) is 6.07 Å². The second kappa shape index (κ2) is 6.89. The highest BCUT2D eigenvalue weighted by molar-refractivity contribution is 5.68. The van der Waals surface area contributed by atoms with Gasteiger partial charge in [-0.15, -0.1) is 0 Å². The van der Waals surface area contributed by atoms with Gasteiger partial charge >= 0.3 is 6.09 Å². The van der Waals surface area contributed by atoms with Crippen molar-refractivity contribution in [3.05, 3.63) is 30.1 Å². The molecular weight excluding hydrogens is 268 g/mol. The van der Waals surface area contributed by atoms with Gasteiger partial charge in [0.15, 0.2) is 0 Å². The van der Waals surface area contributed by atoms with Crippen LogP contribution in [0.2, 0.25) is 0 Å². The van der Waals surface area contributed by atoms with E-state index in [4.69, 9.17) is 9.47 Å². The van der Waals surface area contributed by atoms with Gasteiger partial charge in [-0.3, -0.25) is 4.98 Å². The van der Waals surface area contributed by atoms with E-state index in [2.05, 4.69) is 4.98 Å². The zero-order valence-electron chi connectivity index (χ0n) is 13.0. The predicted molar refractivity (Wildman–Crippen MR) is 79.9 cm³/mol.